The predicted molar refractivity (Wildman–Crippen MR) is 107 cm³/mol. The number of carbonyl (C=O) groups is 1. The normalized spacial score (nSPS) is 32.8. The number of esters is 1. The summed E-state index contributed by atoms with van der Waals surface area (Å²) in [5, 5.41) is 0.751. The van der Waals surface area contributed by atoms with Crippen molar-refractivity contribution in [1.82, 2.24) is 9.97 Å². The van der Waals surface area contributed by atoms with Gasteiger partial charge in [0.25, 0.3) is 5.56 Å². The van der Waals surface area contributed by atoms with Crippen LogP contribution in [0.2, 0.25) is 0 Å². The first-order chi connectivity index (χ1) is 13.6. The molecule has 2 aromatic rings. The van der Waals surface area contributed by atoms with E-state index in [9.17, 15) is 9.59 Å². The van der Waals surface area contributed by atoms with Crippen molar-refractivity contribution in [3.8, 4) is 0 Å². The average molecular weight is 399 g/mol. The predicted octanol–water partition coefficient (Wildman–Crippen LogP) is 4.12. The van der Waals surface area contributed by atoms with E-state index in [0.717, 1.165) is 47.2 Å². The summed E-state index contributed by atoms with van der Waals surface area (Å²) in [4.78, 5) is 34.7. The Morgan fingerprint density at radius 1 is 1.14 bits per heavy atom. The van der Waals surface area contributed by atoms with E-state index >= 15 is 0 Å². The number of carbonyl (C=O) groups excluding carboxylic acids is 1. The Kier molecular flexibility index (Phi) is 3.78. The third-order valence-electron chi connectivity index (χ3n) is 7.68. The second-order valence-corrected chi connectivity index (χ2v) is 10.9. The summed E-state index contributed by atoms with van der Waals surface area (Å²) in [5.41, 5.74) is 1.28. The summed E-state index contributed by atoms with van der Waals surface area (Å²) in [5.74, 6) is 2.84. The van der Waals surface area contributed by atoms with Gasteiger partial charge in [-0.2, -0.15) is 0 Å². The maximum atomic E-state index is 12.6. The molecule has 4 fully saturated rings. The SMILES string of the molecule is O=C(CC12CC3CC(CC(C3)C1)C2)OCc1nc2sc3c(c2c(=O)[nH]1)CCC3. The topological polar surface area (TPSA) is 72.0 Å². The van der Waals surface area contributed by atoms with E-state index in [4.69, 9.17) is 4.74 Å². The van der Waals surface area contributed by atoms with Crippen LogP contribution < -0.4 is 5.56 Å². The largest absolute Gasteiger partial charge is 0.457 e. The molecule has 148 valence electrons. The Balaban J connectivity index is 1.16. The van der Waals surface area contributed by atoms with Gasteiger partial charge in [0.2, 0.25) is 0 Å². The van der Waals surface area contributed by atoms with E-state index in [1.54, 1.807) is 11.3 Å². The van der Waals surface area contributed by atoms with Crippen LogP contribution in [0.5, 0.6) is 0 Å². The molecule has 4 bridgehead atoms. The number of ether oxygens (including phenoxy) is 1. The zero-order chi connectivity index (χ0) is 18.9. The van der Waals surface area contributed by atoms with Gasteiger partial charge in [0.05, 0.1) is 11.8 Å². The van der Waals surface area contributed by atoms with E-state index in [0.29, 0.717) is 12.2 Å². The van der Waals surface area contributed by atoms with Gasteiger partial charge in [-0.05, 0) is 86.5 Å². The van der Waals surface area contributed by atoms with Gasteiger partial charge >= 0.3 is 5.97 Å². The van der Waals surface area contributed by atoms with Crippen LogP contribution in [0.4, 0.5) is 0 Å². The van der Waals surface area contributed by atoms with Crippen molar-refractivity contribution in [2.75, 3.05) is 0 Å². The Morgan fingerprint density at radius 3 is 2.57 bits per heavy atom. The number of fused-ring (bicyclic) bond motifs is 3. The van der Waals surface area contributed by atoms with Crippen LogP contribution in [0.15, 0.2) is 4.79 Å². The molecule has 6 heteroatoms. The van der Waals surface area contributed by atoms with Gasteiger partial charge in [-0.3, -0.25) is 9.59 Å². The Morgan fingerprint density at radius 2 is 1.86 bits per heavy atom. The monoisotopic (exact) mass is 398 g/mol. The number of rotatable bonds is 4. The van der Waals surface area contributed by atoms with Gasteiger partial charge in [-0.25, -0.2) is 4.98 Å². The highest BCUT2D eigenvalue weighted by atomic mass is 32.1. The molecular weight excluding hydrogens is 372 g/mol. The van der Waals surface area contributed by atoms with Gasteiger partial charge in [-0.1, -0.05) is 0 Å². The molecule has 5 aliphatic carbocycles. The van der Waals surface area contributed by atoms with Gasteiger partial charge in [0.1, 0.15) is 17.3 Å². The Labute approximate surface area is 167 Å². The quantitative estimate of drug-likeness (QED) is 0.786. The third kappa shape index (κ3) is 2.75. The zero-order valence-corrected chi connectivity index (χ0v) is 16.9. The van der Waals surface area contributed by atoms with Crippen molar-refractivity contribution in [2.45, 2.75) is 70.8 Å². The van der Waals surface area contributed by atoms with Crippen LogP contribution in [-0.2, 0) is 29.0 Å². The van der Waals surface area contributed by atoms with E-state index < -0.39 is 0 Å². The summed E-state index contributed by atoms with van der Waals surface area (Å²) in [6.45, 7) is 0.0684. The van der Waals surface area contributed by atoms with Crippen LogP contribution in [0.3, 0.4) is 0 Å². The maximum Gasteiger partial charge on any atom is 0.306 e. The van der Waals surface area contributed by atoms with Crippen LogP contribution >= 0.6 is 11.3 Å². The molecule has 1 N–H and O–H groups in total. The second-order valence-electron chi connectivity index (χ2n) is 9.81. The first kappa shape index (κ1) is 17.2. The smallest absolute Gasteiger partial charge is 0.306 e. The maximum absolute atomic E-state index is 12.6. The fourth-order valence-corrected chi connectivity index (χ4v) is 8.41. The van der Waals surface area contributed by atoms with Crippen molar-refractivity contribution >= 4 is 27.5 Å². The lowest BCUT2D eigenvalue weighted by Crippen LogP contribution is -2.47. The van der Waals surface area contributed by atoms with Gasteiger partial charge in [0, 0.05) is 4.88 Å². The fraction of sp³-hybridized carbons (Fsp3) is 0.682. The molecule has 0 radical (unpaired) electrons. The summed E-state index contributed by atoms with van der Waals surface area (Å²) >= 11 is 1.62. The van der Waals surface area contributed by atoms with Gasteiger partial charge < -0.3 is 9.72 Å². The highest BCUT2D eigenvalue weighted by Gasteiger charge is 2.51. The molecule has 0 amide bonds. The number of thiophene rings is 1. The number of aromatic amines is 1. The lowest BCUT2D eigenvalue weighted by atomic mass is 9.49. The van der Waals surface area contributed by atoms with Crippen molar-refractivity contribution < 1.29 is 9.53 Å². The number of H-pyrrole nitrogens is 1. The van der Waals surface area contributed by atoms with E-state index in [1.165, 1.54) is 49.0 Å². The molecule has 5 aliphatic rings. The van der Waals surface area contributed by atoms with Crippen molar-refractivity contribution in [1.29, 1.82) is 0 Å². The minimum Gasteiger partial charge on any atom is -0.457 e. The average Bonchev–Trinajstić information content (AvgIpc) is 3.19. The number of aromatic nitrogens is 2. The molecule has 0 unspecified atom stereocenters. The molecule has 2 heterocycles. The Bertz CT molecular complexity index is 985. The standard InChI is InChI=1S/C22H26N2O3S/c25-18(10-22-7-12-4-13(8-22)6-14(5-12)9-22)27-11-17-23-20(26)19-15-2-1-3-16(15)28-21(19)24-17/h12-14H,1-11H2,(H,23,24,26). The molecule has 5 nitrogen and oxygen atoms in total. The first-order valence-electron chi connectivity index (χ1n) is 10.8. The highest BCUT2D eigenvalue weighted by Crippen LogP contribution is 2.61. The summed E-state index contributed by atoms with van der Waals surface area (Å²) in [7, 11) is 0. The molecule has 28 heavy (non-hydrogen) atoms. The minimum absolute atomic E-state index is 0.0684. The summed E-state index contributed by atoms with van der Waals surface area (Å²) < 4.78 is 5.58. The lowest BCUT2D eigenvalue weighted by Gasteiger charge is -2.56. The van der Waals surface area contributed by atoms with Crippen LogP contribution in [-0.4, -0.2) is 15.9 Å². The molecule has 2 aromatic heterocycles. The molecule has 0 saturated heterocycles. The number of hydrogen-bond acceptors (Lipinski definition) is 5. The minimum atomic E-state index is -0.127. The van der Waals surface area contributed by atoms with Crippen molar-refractivity contribution in [2.24, 2.45) is 23.2 Å². The first-order valence-corrected chi connectivity index (χ1v) is 11.6. The van der Waals surface area contributed by atoms with Gasteiger partial charge in [-0.15, -0.1) is 11.3 Å². The number of nitrogens with zero attached hydrogens (tertiary/aromatic N) is 1. The molecular formula is C22H26N2O3S. The fourth-order valence-electron chi connectivity index (χ4n) is 7.13. The number of nitrogens with one attached hydrogen (secondary N) is 1. The van der Waals surface area contributed by atoms with Crippen LogP contribution in [0.1, 0.15) is 67.6 Å². The van der Waals surface area contributed by atoms with Crippen molar-refractivity contribution in [3.05, 3.63) is 26.6 Å². The van der Waals surface area contributed by atoms with E-state index in [2.05, 4.69) is 9.97 Å². The molecule has 0 aliphatic heterocycles. The zero-order valence-electron chi connectivity index (χ0n) is 16.1. The van der Waals surface area contributed by atoms with Gasteiger partial charge in [0.15, 0.2) is 0 Å². The molecule has 0 spiro atoms. The molecule has 0 atom stereocenters. The van der Waals surface area contributed by atoms with Crippen LogP contribution in [0, 0.1) is 23.2 Å². The summed E-state index contributed by atoms with van der Waals surface area (Å²) in [6, 6.07) is 0. The lowest BCUT2D eigenvalue weighted by molar-refractivity contribution is -0.153. The highest BCUT2D eigenvalue weighted by molar-refractivity contribution is 7.18. The molecule has 7 rings (SSSR count). The second kappa shape index (κ2) is 6.15. The molecule has 4 saturated carbocycles. The number of aryl methyl sites for hydroxylation is 2. The van der Waals surface area contributed by atoms with E-state index in [-0.39, 0.29) is 23.6 Å². The summed E-state index contributed by atoms with van der Waals surface area (Å²) in [6.07, 6.45) is 11.4. The van der Waals surface area contributed by atoms with Crippen molar-refractivity contribution in [3.63, 3.8) is 0 Å². The third-order valence-corrected chi connectivity index (χ3v) is 8.86. The van der Waals surface area contributed by atoms with E-state index in [1.807, 2.05) is 0 Å². The van der Waals surface area contributed by atoms with Crippen LogP contribution in [0.25, 0.3) is 10.2 Å². The number of hydrogen-bond donors (Lipinski definition) is 1. The molecule has 0 aromatic carbocycles. The Hall–Kier alpha value is -1.69.